The zero-order valence-corrected chi connectivity index (χ0v) is 11.0. The molecule has 1 saturated heterocycles. The number of thiazole rings is 1. The average Bonchev–Trinajstić information content (AvgIpc) is 3.09. The first kappa shape index (κ1) is 12.4. The van der Waals surface area contributed by atoms with E-state index in [0.717, 1.165) is 31.1 Å². The topological polar surface area (TPSA) is 72.6 Å². The highest BCUT2D eigenvalue weighted by atomic mass is 32.1. The van der Waals surface area contributed by atoms with Crippen LogP contribution in [0.2, 0.25) is 0 Å². The Bertz CT molecular complexity index is 583. The summed E-state index contributed by atoms with van der Waals surface area (Å²) in [5.74, 6) is 0.0568. The molecule has 0 aromatic carbocycles. The minimum atomic E-state index is -0.992. The molecule has 0 spiro atoms. The maximum Gasteiger partial charge on any atom is 0.338 e. The van der Waals surface area contributed by atoms with E-state index in [4.69, 9.17) is 14.3 Å². The third-order valence-electron chi connectivity index (χ3n) is 3.14. The Balaban J connectivity index is 1.74. The number of hydrogen-bond donors (Lipinski definition) is 1. The summed E-state index contributed by atoms with van der Waals surface area (Å²) in [5, 5.41) is 11.8. The van der Waals surface area contributed by atoms with E-state index in [1.165, 1.54) is 12.3 Å². The second-order valence-electron chi connectivity index (χ2n) is 4.57. The van der Waals surface area contributed by atoms with Gasteiger partial charge in [-0.15, -0.1) is 11.3 Å². The van der Waals surface area contributed by atoms with Crippen LogP contribution in [0.3, 0.4) is 0 Å². The fourth-order valence-corrected chi connectivity index (χ4v) is 2.99. The van der Waals surface area contributed by atoms with Crippen LogP contribution >= 0.6 is 11.3 Å². The predicted molar refractivity (Wildman–Crippen MR) is 69.4 cm³/mol. The number of carboxylic acids is 1. The lowest BCUT2D eigenvalue weighted by molar-refractivity contribution is 0.0696. The number of furan rings is 1. The minimum absolute atomic E-state index is 0.147. The highest BCUT2D eigenvalue weighted by molar-refractivity contribution is 7.09. The number of ether oxygens (including phenoxy) is 1. The predicted octanol–water partition coefficient (Wildman–Crippen LogP) is 2.68. The molecule has 1 fully saturated rings. The number of aromatic carboxylic acids is 1. The molecule has 1 atom stereocenters. The molecule has 5 nitrogen and oxygen atoms in total. The average molecular weight is 279 g/mol. The smallest absolute Gasteiger partial charge is 0.338 e. The highest BCUT2D eigenvalue weighted by Crippen LogP contribution is 2.27. The van der Waals surface area contributed by atoms with Crippen LogP contribution in [0.25, 0.3) is 11.5 Å². The maximum absolute atomic E-state index is 10.8. The van der Waals surface area contributed by atoms with Crippen molar-refractivity contribution in [2.24, 2.45) is 5.92 Å². The van der Waals surface area contributed by atoms with Crippen LogP contribution in [0.15, 0.2) is 22.1 Å². The van der Waals surface area contributed by atoms with E-state index in [1.807, 2.05) is 5.38 Å². The first-order valence-corrected chi connectivity index (χ1v) is 6.94. The third-order valence-corrected chi connectivity index (χ3v) is 4.01. The van der Waals surface area contributed by atoms with Gasteiger partial charge in [-0.3, -0.25) is 0 Å². The monoisotopic (exact) mass is 279 g/mol. The molecule has 0 saturated carbocycles. The van der Waals surface area contributed by atoms with Gasteiger partial charge in [0.1, 0.15) is 12.0 Å². The quantitative estimate of drug-likeness (QED) is 0.931. The van der Waals surface area contributed by atoms with Gasteiger partial charge in [0.05, 0.1) is 10.6 Å². The molecule has 3 rings (SSSR count). The van der Waals surface area contributed by atoms with E-state index < -0.39 is 5.97 Å². The van der Waals surface area contributed by atoms with Crippen LogP contribution in [0.5, 0.6) is 0 Å². The third kappa shape index (κ3) is 2.69. The van der Waals surface area contributed by atoms with E-state index in [1.54, 1.807) is 11.3 Å². The van der Waals surface area contributed by atoms with Crippen LogP contribution < -0.4 is 0 Å². The number of carbonyl (C=O) groups is 1. The Morgan fingerprint density at radius 2 is 2.47 bits per heavy atom. The molecule has 2 aromatic heterocycles. The number of rotatable bonds is 4. The summed E-state index contributed by atoms with van der Waals surface area (Å²) in [6, 6.07) is 1.50. The van der Waals surface area contributed by atoms with Gasteiger partial charge in [0.25, 0.3) is 0 Å². The van der Waals surface area contributed by atoms with Crippen molar-refractivity contribution in [2.45, 2.75) is 12.8 Å². The number of carboxylic acid groups (broad SMARTS) is 1. The Morgan fingerprint density at radius 3 is 3.16 bits per heavy atom. The first-order valence-electron chi connectivity index (χ1n) is 6.06. The summed E-state index contributed by atoms with van der Waals surface area (Å²) < 4.78 is 10.6. The molecule has 0 amide bonds. The number of hydrogen-bond acceptors (Lipinski definition) is 5. The second kappa shape index (κ2) is 5.14. The molecule has 6 heteroatoms. The van der Waals surface area contributed by atoms with Crippen molar-refractivity contribution in [3.63, 3.8) is 0 Å². The van der Waals surface area contributed by atoms with Crippen molar-refractivity contribution in [1.29, 1.82) is 0 Å². The molecule has 1 unspecified atom stereocenters. The van der Waals surface area contributed by atoms with E-state index in [2.05, 4.69) is 4.98 Å². The Labute approximate surface area is 113 Å². The lowest BCUT2D eigenvalue weighted by Crippen LogP contribution is -2.02. The molecule has 3 heterocycles. The Hall–Kier alpha value is -1.66. The summed E-state index contributed by atoms with van der Waals surface area (Å²) in [7, 11) is 0. The molecule has 0 bridgehead atoms. The summed E-state index contributed by atoms with van der Waals surface area (Å²) >= 11 is 1.57. The molecule has 0 radical (unpaired) electrons. The molecule has 1 aliphatic heterocycles. The highest BCUT2D eigenvalue weighted by Gasteiger charge is 2.19. The van der Waals surface area contributed by atoms with Gasteiger partial charge in [-0.1, -0.05) is 0 Å². The molecule has 100 valence electrons. The van der Waals surface area contributed by atoms with Crippen molar-refractivity contribution in [3.05, 3.63) is 28.3 Å². The lowest BCUT2D eigenvalue weighted by atomic mass is 10.1. The van der Waals surface area contributed by atoms with Gasteiger partial charge in [0.15, 0.2) is 5.76 Å². The second-order valence-corrected chi connectivity index (χ2v) is 5.51. The van der Waals surface area contributed by atoms with Gasteiger partial charge in [-0.05, 0) is 12.3 Å². The molecular weight excluding hydrogens is 266 g/mol. The van der Waals surface area contributed by atoms with Crippen LogP contribution in [0.4, 0.5) is 0 Å². The Kier molecular flexibility index (Phi) is 3.35. The molecule has 0 aliphatic carbocycles. The molecular formula is C13H13NO4S. The molecule has 2 aromatic rings. The van der Waals surface area contributed by atoms with E-state index in [-0.39, 0.29) is 5.56 Å². The summed E-state index contributed by atoms with van der Waals surface area (Å²) in [4.78, 5) is 15.3. The molecule has 1 N–H and O–H groups in total. The van der Waals surface area contributed by atoms with Gasteiger partial charge in [-0.2, -0.15) is 0 Å². The van der Waals surface area contributed by atoms with Gasteiger partial charge in [0, 0.05) is 31.1 Å². The van der Waals surface area contributed by atoms with Gasteiger partial charge in [-0.25, -0.2) is 9.78 Å². The standard InChI is InChI=1S/C13H13NO4S/c15-13(16)9-4-11(18-6-9)10-7-19-12(14-10)3-8-1-2-17-5-8/h4,6-8H,1-3,5H2,(H,15,16). The zero-order chi connectivity index (χ0) is 13.2. The number of aromatic nitrogens is 1. The van der Waals surface area contributed by atoms with Crippen LogP contribution in [-0.4, -0.2) is 29.3 Å². The van der Waals surface area contributed by atoms with Gasteiger partial charge < -0.3 is 14.3 Å². The van der Waals surface area contributed by atoms with E-state index >= 15 is 0 Å². The van der Waals surface area contributed by atoms with Gasteiger partial charge in [0.2, 0.25) is 0 Å². The van der Waals surface area contributed by atoms with Crippen LogP contribution in [0, 0.1) is 5.92 Å². The van der Waals surface area contributed by atoms with Crippen molar-refractivity contribution in [1.82, 2.24) is 4.98 Å². The Morgan fingerprint density at radius 1 is 1.58 bits per heavy atom. The number of nitrogens with zero attached hydrogens (tertiary/aromatic N) is 1. The van der Waals surface area contributed by atoms with Crippen molar-refractivity contribution >= 4 is 17.3 Å². The minimum Gasteiger partial charge on any atom is -0.478 e. The normalized spacial score (nSPS) is 18.8. The van der Waals surface area contributed by atoms with Gasteiger partial charge >= 0.3 is 5.97 Å². The van der Waals surface area contributed by atoms with E-state index in [9.17, 15) is 4.79 Å². The molecule has 1 aliphatic rings. The fourth-order valence-electron chi connectivity index (χ4n) is 2.09. The van der Waals surface area contributed by atoms with Crippen LogP contribution in [0.1, 0.15) is 21.8 Å². The van der Waals surface area contributed by atoms with E-state index in [0.29, 0.717) is 17.4 Å². The summed E-state index contributed by atoms with van der Waals surface area (Å²) in [6.45, 7) is 1.64. The molecule has 19 heavy (non-hydrogen) atoms. The largest absolute Gasteiger partial charge is 0.478 e. The maximum atomic E-state index is 10.8. The van der Waals surface area contributed by atoms with Crippen molar-refractivity contribution in [2.75, 3.05) is 13.2 Å². The first-order chi connectivity index (χ1) is 9.22. The summed E-state index contributed by atoms with van der Waals surface area (Å²) in [5.41, 5.74) is 0.847. The lowest BCUT2D eigenvalue weighted by Gasteiger charge is -2.02. The SMILES string of the molecule is O=C(O)c1coc(-c2csc(CC3CCOC3)n2)c1. The van der Waals surface area contributed by atoms with Crippen LogP contribution in [-0.2, 0) is 11.2 Å². The van der Waals surface area contributed by atoms with Crippen molar-refractivity contribution in [3.8, 4) is 11.5 Å². The van der Waals surface area contributed by atoms with Crippen molar-refractivity contribution < 1.29 is 19.1 Å². The fraction of sp³-hybridized carbons (Fsp3) is 0.385. The zero-order valence-electron chi connectivity index (χ0n) is 10.2. The summed E-state index contributed by atoms with van der Waals surface area (Å²) in [6.07, 6.45) is 3.23.